The fraction of sp³-hybridized carbons (Fsp3) is 0.100. The fourth-order valence-corrected chi connectivity index (χ4v) is 1.46. The molecule has 0 bridgehead atoms. The van der Waals surface area contributed by atoms with Gasteiger partial charge in [-0.05, 0) is 24.3 Å². The van der Waals surface area contributed by atoms with E-state index >= 15 is 0 Å². The van der Waals surface area contributed by atoms with Crippen molar-refractivity contribution in [2.75, 3.05) is 6.54 Å². The molecule has 0 unspecified atom stereocenters. The standard InChI is InChI=1S/C10H8FNO3S/c1-2-7-12-10(13)8-3-5-9(6-4-8)16(11,14)15/h1,3-6H,7H2,(H,12,13). The number of carbonyl (C=O) groups is 1. The maximum absolute atomic E-state index is 12.5. The van der Waals surface area contributed by atoms with Crippen LogP contribution in [0.4, 0.5) is 3.89 Å². The molecule has 4 nitrogen and oxygen atoms in total. The molecule has 0 fully saturated rings. The van der Waals surface area contributed by atoms with Crippen molar-refractivity contribution in [2.45, 2.75) is 4.90 Å². The van der Waals surface area contributed by atoms with E-state index in [0.717, 1.165) is 12.1 Å². The number of benzene rings is 1. The fourth-order valence-electron chi connectivity index (χ4n) is 1.00. The van der Waals surface area contributed by atoms with Gasteiger partial charge >= 0.3 is 10.2 Å². The number of amides is 1. The van der Waals surface area contributed by atoms with Crippen molar-refractivity contribution >= 4 is 16.1 Å². The number of nitrogens with one attached hydrogen (secondary N) is 1. The average molecular weight is 241 g/mol. The quantitative estimate of drug-likeness (QED) is 0.626. The van der Waals surface area contributed by atoms with Gasteiger partial charge in [0.2, 0.25) is 0 Å². The predicted octanol–water partition coefficient (Wildman–Crippen LogP) is 0.708. The Morgan fingerprint density at radius 2 is 1.94 bits per heavy atom. The van der Waals surface area contributed by atoms with Gasteiger partial charge in [0, 0.05) is 5.56 Å². The van der Waals surface area contributed by atoms with E-state index in [2.05, 4.69) is 11.2 Å². The van der Waals surface area contributed by atoms with Crippen LogP contribution < -0.4 is 5.32 Å². The maximum atomic E-state index is 12.5. The van der Waals surface area contributed by atoms with Gasteiger partial charge in [0.05, 0.1) is 11.4 Å². The van der Waals surface area contributed by atoms with Crippen molar-refractivity contribution in [1.29, 1.82) is 0 Å². The molecule has 1 aromatic carbocycles. The molecule has 84 valence electrons. The van der Waals surface area contributed by atoms with Crippen LogP contribution in [0.1, 0.15) is 10.4 Å². The molecule has 0 aliphatic rings. The van der Waals surface area contributed by atoms with E-state index in [1.54, 1.807) is 0 Å². The lowest BCUT2D eigenvalue weighted by Crippen LogP contribution is -2.23. The second kappa shape index (κ2) is 4.77. The first kappa shape index (κ1) is 12.2. The molecule has 0 atom stereocenters. The van der Waals surface area contributed by atoms with Gasteiger partial charge in [-0.15, -0.1) is 10.3 Å². The van der Waals surface area contributed by atoms with Crippen molar-refractivity contribution < 1.29 is 17.1 Å². The summed E-state index contributed by atoms with van der Waals surface area (Å²) in [6.07, 6.45) is 4.94. The zero-order chi connectivity index (χ0) is 12.2. The van der Waals surface area contributed by atoms with Crippen LogP contribution in [0, 0.1) is 12.3 Å². The van der Waals surface area contributed by atoms with E-state index in [-0.39, 0.29) is 12.1 Å². The van der Waals surface area contributed by atoms with Gasteiger partial charge in [-0.2, -0.15) is 8.42 Å². The highest BCUT2D eigenvalue weighted by Gasteiger charge is 2.12. The summed E-state index contributed by atoms with van der Waals surface area (Å²) in [7, 11) is -4.73. The molecule has 1 amide bonds. The highest BCUT2D eigenvalue weighted by atomic mass is 32.3. The van der Waals surface area contributed by atoms with Gasteiger partial charge in [-0.25, -0.2) is 0 Å². The van der Waals surface area contributed by atoms with Crippen LogP contribution in [0.25, 0.3) is 0 Å². The molecule has 0 heterocycles. The Labute approximate surface area is 92.7 Å². The van der Waals surface area contributed by atoms with Crippen LogP contribution >= 0.6 is 0 Å². The first-order chi connectivity index (χ1) is 7.45. The van der Waals surface area contributed by atoms with Crippen LogP contribution in [0.2, 0.25) is 0 Å². The van der Waals surface area contributed by atoms with Crippen LogP contribution in [0.15, 0.2) is 29.2 Å². The largest absolute Gasteiger partial charge is 0.341 e. The van der Waals surface area contributed by atoms with E-state index in [1.165, 1.54) is 12.1 Å². The lowest BCUT2D eigenvalue weighted by Gasteiger charge is -2.01. The Morgan fingerprint density at radius 3 is 2.38 bits per heavy atom. The zero-order valence-electron chi connectivity index (χ0n) is 8.10. The molecular weight excluding hydrogens is 233 g/mol. The normalized spacial score (nSPS) is 10.5. The number of hydrogen-bond donors (Lipinski definition) is 1. The zero-order valence-corrected chi connectivity index (χ0v) is 8.92. The van der Waals surface area contributed by atoms with Crippen molar-refractivity contribution in [1.82, 2.24) is 5.32 Å². The van der Waals surface area contributed by atoms with E-state index < -0.39 is 21.0 Å². The first-order valence-corrected chi connectivity index (χ1v) is 5.60. The molecule has 0 saturated carbocycles. The second-order valence-electron chi connectivity index (χ2n) is 2.85. The van der Waals surface area contributed by atoms with Crippen molar-refractivity contribution in [2.24, 2.45) is 0 Å². The second-order valence-corrected chi connectivity index (χ2v) is 4.20. The van der Waals surface area contributed by atoms with Crippen molar-refractivity contribution in [3.63, 3.8) is 0 Å². The van der Waals surface area contributed by atoms with E-state index in [1.807, 2.05) is 0 Å². The number of halogens is 1. The molecule has 0 radical (unpaired) electrons. The third-order valence-electron chi connectivity index (χ3n) is 1.75. The lowest BCUT2D eigenvalue weighted by molar-refractivity contribution is 0.0958. The van der Waals surface area contributed by atoms with E-state index in [9.17, 15) is 17.1 Å². The molecule has 1 aromatic rings. The Balaban J connectivity index is 2.88. The van der Waals surface area contributed by atoms with Gasteiger partial charge in [-0.1, -0.05) is 5.92 Å². The summed E-state index contributed by atoms with van der Waals surface area (Å²) < 4.78 is 33.5. The minimum absolute atomic E-state index is 0.0714. The Hall–Kier alpha value is -1.87. The van der Waals surface area contributed by atoms with Crippen molar-refractivity contribution in [3.8, 4) is 12.3 Å². The number of hydrogen-bond acceptors (Lipinski definition) is 3. The van der Waals surface area contributed by atoms with Crippen LogP contribution in [-0.4, -0.2) is 20.9 Å². The first-order valence-electron chi connectivity index (χ1n) is 4.21. The van der Waals surface area contributed by atoms with E-state index in [4.69, 9.17) is 6.42 Å². The highest BCUT2D eigenvalue weighted by molar-refractivity contribution is 7.86. The van der Waals surface area contributed by atoms with Crippen LogP contribution in [0.5, 0.6) is 0 Å². The van der Waals surface area contributed by atoms with Crippen LogP contribution in [0.3, 0.4) is 0 Å². The SMILES string of the molecule is C#CCNC(=O)c1ccc(S(=O)(=O)F)cc1. The maximum Gasteiger partial charge on any atom is 0.332 e. The summed E-state index contributed by atoms with van der Waals surface area (Å²) in [5, 5.41) is 2.39. The predicted molar refractivity (Wildman–Crippen MR) is 55.9 cm³/mol. The Morgan fingerprint density at radius 1 is 1.38 bits per heavy atom. The highest BCUT2D eigenvalue weighted by Crippen LogP contribution is 2.12. The van der Waals surface area contributed by atoms with Gasteiger partial charge < -0.3 is 5.32 Å². The molecule has 0 saturated heterocycles. The Bertz CT molecular complexity index is 528. The van der Waals surface area contributed by atoms with Gasteiger partial charge in [0.15, 0.2) is 0 Å². The third kappa shape index (κ3) is 3.07. The van der Waals surface area contributed by atoms with Crippen molar-refractivity contribution in [3.05, 3.63) is 29.8 Å². The van der Waals surface area contributed by atoms with Gasteiger partial charge in [0.1, 0.15) is 0 Å². The Kier molecular flexibility index (Phi) is 3.64. The topological polar surface area (TPSA) is 63.2 Å². The third-order valence-corrected chi connectivity index (χ3v) is 2.58. The molecule has 1 rings (SSSR count). The summed E-state index contributed by atoms with van der Waals surface area (Å²) in [5.74, 6) is 1.77. The summed E-state index contributed by atoms with van der Waals surface area (Å²) in [4.78, 5) is 10.8. The minimum Gasteiger partial charge on any atom is -0.341 e. The molecule has 0 spiro atoms. The molecule has 0 aromatic heterocycles. The minimum atomic E-state index is -4.73. The van der Waals surface area contributed by atoms with Gasteiger partial charge in [-0.3, -0.25) is 4.79 Å². The number of rotatable bonds is 3. The summed E-state index contributed by atoms with van der Waals surface area (Å²) in [6, 6.07) is 4.44. The monoisotopic (exact) mass is 241 g/mol. The number of carbonyl (C=O) groups excluding carboxylic acids is 1. The summed E-state index contributed by atoms with van der Waals surface area (Å²) in [6.45, 7) is 0.0714. The molecule has 6 heteroatoms. The molecule has 1 N–H and O–H groups in total. The molecule has 0 aliphatic carbocycles. The van der Waals surface area contributed by atoms with Gasteiger partial charge in [0.25, 0.3) is 5.91 Å². The molecular formula is C10H8FNO3S. The lowest BCUT2D eigenvalue weighted by atomic mass is 10.2. The molecule has 0 aliphatic heterocycles. The number of terminal acetylenes is 1. The molecule has 16 heavy (non-hydrogen) atoms. The average Bonchev–Trinajstić information content (AvgIpc) is 2.25. The van der Waals surface area contributed by atoms with E-state index in [0.29, 0.717) is 0 Å². The summed E-state index contributed by atoms with van der Waals surface area (Å²) >= 11 is 0. The smallest absolute Gasteiger partial charge is 0.332 e. The summed E-state index contributed by atoms with van der Waals surface area (Å²) in [5.41, 5.74) is 0.211. The van der Waals surface area contributed by atoms with Crippen LogP contribution in [-0.2, 0) is 10.2 Å².